The predicted octanol–water partition coefficient (Wildman–Crippen LogP) is 2.34. The molecule has 0 saturated carbocycles. The smallest absolute Gasteiger partial charge is 0.147 e. The fraction of sp³-hybridized carbons (Fsp3) is 0.400. The molecule has 1 aliphatic rings. The summed E-state index contributed by atoms with van der Waals surface area (Å²) in [4.78, 5) is 0. The normalized spacial score (nSPS) is 28.7. The Kier molecular flexibility index (Phi) is 2.83. The van der Waals surface area contributed by atoms with Gasteiger partial charge in [0.15, 0.2) is 0 Å². The zero-order chi connectivity index (χ0) is 9.10. The molecule has 1 aromatic rings. The van der Waals surface area contributed by atoms with Crippen molar-refractivity contribution in [3.63, 3.8) is 0 Å². The summed E-state index contributed by atoms with van der Waals surface area (Å²) in [6.07, 6.45) is -0.0309. The molecule has 13 heavy (non-hydrogen) atoms. The Morgan fingerprint density at radius 2 is 2.00 bits per heavy atom. The lowest BCUT2D eigenvalue weighted by Crippen LogP contribution is -2.28. The van der Waals surface area contributed by atoms with Gasteiger partial charge in [-0.15, -0.1) is 11.6 Å². The van der Waals surface area contributed by atoms with Crippen molar-refractivity contribution in [2.75, 3.05) is 13.4 Å². The largest absolute Gasteiger partial charge is 0.354 e. The Bertz CT molecular complexity index is 263. The van der Waals surface area contributed by atoms with Gasteiger partial charge in [0.2, 0.25) is 0 Å². The molecule has 2 unspecified atom stereocenters. The monoisotopic (exact) mass is 198 g/mol. The van der Waals surface area contributed by atoms with Gasteiger partial charge in [0, 0.05) is 0 Å². The fourth-order valence-electron chi connectivity index (χ4n) is 1.42. The molecular formula is C10H11ClO2. The van der Waals surface area contributed by atoms with Crippen molar-refractivity contribution in [3.8, 4) is 0 Å². The molecule has 0 amide bonds. The van der Waals surface area contributed by atoms with Gasteiger partial charge in [-0.1, -0.05) is 30.3 Å². The molecule has 2 nitrogen and oxygen atoms in total. The van der Waals surface area contributed by atoms with Crippen LogP contribution in [0, 0.1) is 0 Å². The molecule has 1 saturated heterocycles. The van der Waals surface area contributed by atoms with Crippen LogP contribution in [0.15, 0.2) is 30.3 Å². The van der Waals surface area contributed by atoms with Gasteiger partial charge in [-0.3, -0.25) is 0 Å². The van der Waals surface area contributed by atoms with Crippen molar-refractivity contribution in [1.29, 1.82) is 0 Å². The SMILES string of the molecule is ClC1COCOC1c1ccccc1. The zero-order valence-corrected chi connectivity index (χ0v) is 7.91. The van der Waals surface area contributed by atoms with Crippen molar-refractivity contribution < 1.29 is 9.47 Å². The first-order valence-electron chi connectivity index (χ1n) is 4.26. The first kappa shape index (κ1) is 9.00. The summed E-state index contributed by atoms with van der Waals surface area (Å²) in [5.74, 6) is 0. The molecule has 0 aromatic heterocycles. The minimum atomic E-state index is -0.0869. The van der Waals surface area contributed by atoms with Crippen LogP contribution >= 0.6 is 11.6 Å². The first-order chi connectivity index (χ1) is 6.38. The van der Waals surface area contributed by atoms with Gasteiger partial charge >= 0.3 is 0 Å². The van der Waals surface area contributed by atoms with E-state index in [0.717, 1.165) is 5.56 Å². The zero-order valence-electron chi connectivity index (χ0n) is 7.15. The molecule has 0 spiro atoms. The third-order valence-corrected chi connectivity index (χ3v) is 2.42. The van der Waals surface area contributed by atoms with E-state index in [-0.39, 0.29) is 11.5 Å². The van der Waals surface area contributed by atoms with Crippen molar-refractivity contribution in [3.05, 3.63) is 35.9 Å². The standard InChI is InChI=1S/C10H11ClO2/c11-9-6-12-7-13-10(9)8-4-2-1-3-5-8/h1-5,9-10H,6-7H2. The van der Waals surface area contributed by atoms with E-state index in [9.17, 15) is 0 Å². The van der Waals surface area contributed by atoms with E-state index in [1.54, 1.807) is 0 Å². The second-order valence-electron chi connectivity index (χ2n) is 3.00. The highest BCUT2D eigenvalue weighted by molar-refractivity contribution is 6.21. The second-order valence-corrected chi connectivity index (χ2v) is 3.56. The van der Waals surface area contributed by atoms with E-state index in [1.807, 2.05) is 30.3 Å². The second kappa shape index (κ2) is 4.09. The van der Waals surface area contributed by atoms with Crippen LogP contribution in [0.2, 0.25) is 0 Å². The molecule has 1 fully saturated rings. The maximum atomic E-state index is 6.07. The Balaban J connectivity index is 2.15. The molecule has 70 valence electrons. The van der Waals surface area contributed by atoms with E-state index in [1.165, 1.54) is 0 Å². The van der Waals surface area contributed by atoms with Crippen LogP contribution in [0.5, 0.6) is 0 Å². The van der Waals surface area contributed by atoms with E-state index in [0.29, 0.717) is 13.4 Å². The summed E-state index contributed by atoms with van der Waals surface area (Å²) in [6, 6.07) is 9.98. The maximum Gasteiger partial charge on any atom is 0.147 e. The minimum Gasteiger partial charge on any atom is -0.354 e. The summed E-state index contributed by atoms with van der Waals surface area (Å²) < 4.78 is 10.5. The third kappa shape index (κ3) is 2.02. The number of hydrogen-bond acceptors (Lipinski definition) is 2. The summed E-state index contributed by atoms with van der Waals surface area (Å²) in [6.45, 7) is 0.893. The number of benzene rings is 1. The van der Waals surface area contributed by atoms with E-state index in [4.69, 9.17) is 21.1 Å². The van der Waals surface area contributed by atoms with E-state index >= 15 is 0 Å². The van der Waals surface area contributed by atoms with Gasteiger partial charge in [-0.2, -0.15) is 0 Å². The Hall–Kier alpha value is -0.570. The minimum absolute atomic E-state index is 0.0309. The van der Waals surface area contributed by atoms with Crippen molar-refractivity contribution in [2.24, 2.45) is 0 Å². The fourth-order valence-corrected chi connectivity index (χ4v) is 1.73. The summed E-state index contributed by atoms with van der Waals surface area (Å²) >= 11 is 6.07. The number of rotatable bonds is 1. The lowest BCUT2D eigenvalue weighted by Gasteiger charge is -2.27. The van der Waals surface area contributed by atoms with Gasteiger partial charge in [-0.25, -0.2) is 0 Å². The first-order valence-corrected chi connectivity index (χ1v) is 4.70. The van der Waals surface area contributed by atoms with E-state index in [2.05, 4.69) is 0 Å². The molecule has 0 aliphatic carbocycles. The van der Waals surface area contributed by atoms with Gasteiger partial charge < -0.3 is 9.47 Å². The molecule has 0 radical (unpaired) electrons. The van der Waals surface area contributed by atoms with Crippen LogP contribution in [0.3, 0.4) is 0 Å². The predicted molar refractivity (Wildman–Crippen MR) is 50.7 cm³/mol. The molecule has 1 aromatic carbocycles. The number of alkyl halides is 1. The maximum absolute atomic E-state index is 6.07. The van der Waals surface area contributed by atoms with Gasteiger partial charge in [0.05, 0.1) is 12.0 Å². The Morgan fingerprint density at radius 3 is 2.69 bits per heavy atom. The highest BCUT2D eigenvalue weighted by atomic mass is 35.5. The molecule has 1 heterocycles. The van der Waals surface area contributed by atoms with Crippen LogP contribution in [-0.4, -0.2) is 18.8 Å². The van der Waals surface area contributed by atoms with Crippen molar-refractivity contribution >= 4 is 11.6 Å². The average Bonchev–Trinajstić information content (AvgIpc) is 2.20. The Morgan fingerprint density at radius 1 is 1.23 bits per heavy atom. The van der Waals surface area contributed by atoms with Crippen molar-refractivity contribution in [2.45, 2.75) is 11.5 Å². The topological polar surface area (TPSA) is 18.5 Å². The molecular weight excluding hydrogens is 188 g/mol. The van der Waals surface area contributed by atoms with Gasteiger partial charge in [0.1, 0.15) is 12.9 Å². The van der Waals surface area contributed by atoms with E-state index < -0.39 is 0 Å². The summed E-state index contributed by atoms with van der Waals surface area (Å²) in [5.41, 5.74) is 1.12. The van der Waals surface area contributed by atoms with Crippen LogP contribution in [0.4, 0.5) is 0 Å². The summed E-state index contributed by atoms with van der Waals surface area (Å²) in [7, 11) is 0. The highest BCUT2D eigenvalue weighted by Crippen LogP contribution is 2.28. The van der Waals surface area contributed by atoms with Crippen LogP contribution in [-0.2, 0) is 9.47 Å². The molecule has 3 heteroatoms. The summed E-state index contributed by atoms with van der Waals surface area (Å²) in [5, 5.41) is -0.0869. The molecule has 0 N–H and O–H groups in total. The van der Waals surface area contributed by atoms with Gasteiger partial charge in [-0.05, 0) is 5.56 Å². The van der Waals surface area contributed by atoms with Crippen molar-refractivity contribution in [1.82, 2.24) is 0 Å². The molecule has 0 bridgehead atoms. The van der Waals surface area contributed by atoms with Crippen LogP contribution in [0.25, 0.3) is 0 Å². The number of ether oxygens (including phenoxy) is 2. The highest BCUT2D eigenvalue weighted by Gasteiger charge is 2.25. The average molecular weight is 199 g/mol. The molecule has 2 atom stereocenters. The molecule has 2 rings (SSSR count). The lowest BCUT2D eigenvalue weighted by atomic mass is 10.1. The van der Waals surface area contributed by atoms with Crippen LogP contribution < -0.4 is 0 Å². The molecule has 1 aliphatic heterocycles. The van der Waals surface area contributed by atoms with Crippen LogP contribution in [0.1, 0.15) is 11.7 Å². The lowest BCUT2D eigenvalue weighted by molar-refractivity contribution is -0.138. The quantitative estimate of drug-likeness (QED) is 0.645. The van der Waals surface area contributed by atoms with Gasteiger partial charge in [0.25, 0.3) is 0 Å². The third-order valence-electron chi connectivity index (χ3n) is 2.06. The number of halogens is 1. The Labute approximate surface area is 82.4 Å². The number of hydrogen-bond donors (Lipinski definition) is 0.